The van der Waals surface area contributed by atoms with E-state index in [4.69, 9.17) is 14.2 Å². The van der Waals surface area contributed by atoms with Crippen LogP contribution in [0.3, 0.4) is 0 Å². The van der Waals surface area contributed by atoms with E-state index in [-0.39, 0.29) is 19.2 Å². The Morgan fingerprint density at radius 3 is 1.93 bits per heavy atom. The minimum atomic E-state index is -1.01. The number of methoxy groups -OCH3 is 2. The minimum absolute atomic E-state index is 0.170. The van der Waals surface area contributed by atoms with Crippen LogP contribution in [0.5, 0.6) is 11.5 Å². The molecule has 214 valence electrons. The molecule has 5 rings (SSSR count). The molecule has 0 atom stereocenters. The van der Waals surface area contributed by atoms with Gasteiger partial charge in [0.15, 0.2) is 0 Å². The van der Waals surface area contributed by atoms with Gasteiger partial charge in [-0.1, -0.05) is 72.8 Å². The van der Waals surface area contributed by atoms with Gasteiger partial charge in [-0.15, -0.1) is 0 Å². The second-order valence-electron chi connectivity index (χ2n) is 9.71. The van der Waals surface area contributed by atoms with Gasteiger partial charge in [-0.25, -0.2) is 14.2 Å². The van der Waals surface area contributed by atoms with Crippen LogP contribution in [0.15, 0.2) is 116 Å². The maximum absolute atomic E-state index is 14.0. The summed E-state index contributed by atoms with van der Waals surface area (Å²) in [5, 5.41) is 2.85. The van der Waals surface area contributed by atoms with Gasteiger partial charge >= 0.3 is 6.03 Å². The fourth-order valence-electron chi connectivity index (χ4n) is 5.02. The maximum Gasteiger partial charge on any atom is 0.327 e. The second-order valence-corrected chi connectivity index (χ2v) is 9.71. The Labute approximate surface area is 244 Å². The molecule has 0 saturated carbocycles. The zero-order valence-electron chi connectivity index (χ0n) is 23.5. The van der Waals surface area contributed by atoms with Crippen LogP contribution in [-0.2, 0) is 30.2 Å². The predicted molar refractivity (Wildman–Crippen MR) is 158 cm³/mol. The lowest BCUT2D eigenvalue weighted by molar-refractivity contribution is 0.000129. The van der Waals surface area contributed by atoms with Gasteiger partial charge in [-0.05, 0) is 57.6 Å². The van der Waals surface area contributed by atoms with E-state index in [1.54, 1.807) is 32.5 Å². The van der Waals surface area contributed by atoms with Gasteiger partial charge in [-0.3, -0.25) is 4.57 Å². The monoisotopic (exact) mass is 565 g/mol. The number of halogens is 1. The molecule has 0 aliphatic carbocycles. The topological polar surface area (TPSA) is 74.6 Å². The van der Waals surface area contributed by atoms with Crippen molar-refractivity contribution in [2.75, 3.05) is 14.2 Å². The fourth-order valence-corrected chi connectivity index (χ4v) is 5.02. The number of rotatable bonds is 11. The molecule has 42 heavy (non-hydrogen) atoms. The van der Waals surface area contributed by atoms with Crippen LogP contribution >= 0.6 is 0 Å². The zero-order valence-corrected chi connectivity index (χ0v) is 23.5. The van der Waals surface area contributed by atoms with Gasteiger partial charge in [-0.2, -0.15) is 0 Å². The number of alkyl halides is 1. The Bertz CT molecular complexity index is 1540. The van der Waals surface area contributed by atoms with Crippen LogP contribution < -0.4 is 14.8 Å². The average molecular weight is 566 g/mol. The number of nitrogens with one attached hydrogen (secondary N) is 1. The van der Waals surface area contributed by atoms with Crippen molar-refractivity contribution in [3.05, 3.63) is 149 Å². The van der Waals surface area contributed by atoms with E-state index in [1.165, 1.54) is 17.1 Å². The first-order chi connectivity index (χ1) is 20.5. The van der Waals surface area contributed by atoms with E-state index in [9.17, 15) is 9.18 Å². The van der Waals surface area contributed by atoms with E-state index in [0.717, 1.165) is 39.3 Å². The number of aromatic nitrogens is 2. The number of imidazole rings is 1. The van der Waals surface area contributed by atoms with Gasteiger partial charge in [0.2, 0.25) is 0 Å². The normalized spacial score (nSPS) is 11.2. The third-order valence-electron chi connectivity index (χ3n) is 7.08. The van der Waals surface area contributed by atoms with Gasteiger partial charge < -0.3 is 19.5 Å². The molecule has 0 saturated heterocycles. The van der Waals surface area contributed by atoms with Crippen molar-refractivity contribution in [2.24, 2.45) is 0 Å². The van der Waals surface area contributed by atoms with E-state index in [1.807, 2.05) is 84.9 Å². The van der Waals surface area contributed by atoms with Crippen molar-refractivity contribution < 1.29 is 23.4 Å². The van der Waals surface area contributed by atoms with Crippen LogP contribution in [-0.4, -0.2) is 29.8 Å². The highest BCUT2D eigenvalue weighted by Gasteiger charge is 2.38. The van der Waals surface area contributed by atoms with E-state index in [2.05, 4.69) is 10.3 Å². The number of nitrogens with zero attached hydrogens (tertiary/aromatic N) is 2. The standard InChI is InChI=1S/C34H32FN3O4/c1-40-31-12-8-29(9-13-31)34(28-6-4-3-5-7-28,30-10-14-32(41-2)15-11-30)42-23-27-19-25(21-35)18-26(20-27)22-37-33(39)38-17-16-36-24-38/h3-20,24H,21-23H2,1-2H3,(H,37,39). The summed E-state index contributed by atoms with van der Waals surface area (Å²) < 4.78 is 33.1. The third-order valence-corrected chi connectivity index (χ3v) is 7.08. The minimum Gasteiger partial charge on any atom is -0.497 e. The third kappa shape index (κ3) is 6.19. The van der Waals surface area contributed by atoms with E-state index < -0.39 is 12.3 Å². The van der Waals surface area contributed by atoms with Crippen LogP contribution in [0.2, 0.25) is 0 Å². The number of benzene rings is 4. The van der Waals surface area contributed by atoms with Gasteiger partial charge in [0.1, 0.15) is 30.1 Å². The molecule has 8 heteroatoms. The number of carbonyl (C=O) groups is 1. The molecule has 1 amide bonds. The second kappa shape index (κ2) is 13.1. The van der Waals surface area contributed by atoms with Gasteiger partial charge in [0.25, 0.3) is 0 Å². The Morgan fingerprint density at radius 1 is 0.810 bits per heavy atom. The van der Waals surface area contributed by atoms with Crippen molar-refractivity contribution in [1.29, 1.82) is 0 Å². The van der Waals surface area contributed by atoms with E-state index >= 15 is 0 Å². The molecule has 0 bridgehead atoms. The highest BCUT2D eigenvalue weighted by Crippen LogP contribution is 2.42. The summed E-state index contributed by atoms with van der Waals surface area (Å²) in [6.07, 6.45) is 4.52. The fraction of sp³-hybridized carbons (Fsp3) is 0.176. The smallest absolute Gasteiger partial charge is 0.327 e. The Kier molecular flexibility index (Phi) is 8.94. The van der Waals surface area contributed by atoms with Crippen LogP contribution in [0, 0.1) is 0 Å². The summed E-state index contributed by atoms with van der Waals surface area (Å²) in [4.78, 5) is 16.3. The first-order valence-electron chi connectivity index (χ1n) is 13.5. The SMILES string of the molecule is COc1ccc(C(OCc2cc(CF)cc(CNC(=O)n3ccnc3)c2)(c2ccccc2)c2ccc(OC)cc2)cc1. The summed E-state index contributed by atoms with van der Waals surface area (Å²) in [7, 11) is 3.26. The van der Waals surface area contributed by atoms with Crippen LogP contribution in [0.4, 0.5) is 9.18 Å². The van der Waals surface area contributed by atoms with Crippen molar-refractivity contribution in [3.63, 3.8) is 0 Å². The van der Waals surface area contributed by atoms with Crippen molar-refractivity contribution in [2.45, 2.75) is 25.4 Å². The summed E-state index contributed by atoms with van der Waals surface area (Å²) >= 11 is 0. The number of hydrogen-bond donors (Lipinski definition) is 1. The molecule has 0 radical (unpaired) electrons. The highest BCUT2D eigenvalue weighted by atomic mass is 19.1. The lowest BCUT2D eigenvalue weighted by Gasteiger charge is -2.36. The summed E-state index contributed by atoms with van der Waals surface area (Å²) in [6.45, 7) is -0.251. The molecular formula is C34H32FN3O4. The number of amides is 1. The zero-order chi connectivity index (χ0) is 29.4. The first kappa shape index (κ1) is 28.6. The number of hydrogen-bond acceptors (Lipinski definition) is 5. The summed E-state index contributed by atoms with van der Waals surface area (Å²) in [5.41, 5.74) is 3.75. The maximum atomic E-state index is 14.0. The molecule has 1 aromatic heterocycles. The molecule has 1 heterocycles. The van der Waals surface area contributed by atoms with Crippen molar-refractivity contribution in [3.8, 4) is 11.5 Å². The Morgan fingerprint density at radius 2 is 1.38 bits per heavy atom. The Balaban J connectivity index is 1.53. The molecule has 5 aromatic rings. The molecule has 0 aliphatic heterocycles. The van der Waals surface area contributed by atoms with Crippen LogP contribution in [0.25, 0.3) is 0 Å². The largest absolute Gasteiger partial charge is 0.497 e. The molecule has 4 aromatic carbocycles. The number of ether oxygens (including phenoxy) is 3. The van der Waals surface area contributed by atoms with Crippen LogP contribution in [0.1, 0.15) is 33.4 Å². The first-order valence-corrected chi connectivity index (χ1v) is 13.5. The summed E-state index contributed by atoms with van der Waals surface area (Å²) in [5.74, 6) is 1.46. The van der Waals surface area contributed by atoms with Gasteiger partial charge in [0.05, 0.1) is 20.8 Å². The van der Waals surface area contributed by atoms with Gasteiger partial charge in [0, 0.05) is 18.9 Å². The predicted octanol–water partition coefficient (Wildman–Crippen LogP) is 6.64. The number of carbonyl (C=O) groups excluding carboxylic acids is 1. The average Bonchev–Trinajstić information content (AvgIpc) is 3.60. The molecule has 1 N–H and O–H groups in total. The molecule has 0 unspecified atom stereocenters. The van der Waals surface area contributed by atoms with E-state index in [0.29, 0.717) is 5.56 Å². The molecule has 0 spiro atoms. The molecular weight excluding hydrogens is 533 g/mol. The highest BCUT2D eigenvalue weighted by molar-refractivity contribution is 5.76. The molecule has 0 aliphatic rings. The quantitative estimate of drug-likeness (QED) is 0.182. The molecule has 7 nitrogen and oxygen atoms in total. The van der Waals surface area contributed by atoms with Crippen molar-refractivity contribution >= 4 is 6.03 Å². The Hall–Kier alpha value is -4.95. The molecule has 0 fully saturated rings. The lowest BCUT2D eigenvalue weighted by Crippen LogP contribution is -2.33. The lowest BCUT2D eigenvalue weighted by atomic mass is 9.80. The summed E-state index contributed by atoms with van der Waals surface area (Å²) in [6, 6.07) is 30.7. The van der Waals surface area contributed by atoms with Crippen molar-refractivity contribution in [1.82, 2.24) is 14.9 Å².